The van der Waals surface area contributed by atoms with E-state index in [0.717, 1.165) is 15.7 Å². The highest BCUT2D eigenvalue weighted by atomic mass is 79.9. The van der Waals surface area contributed by atoms with Gasteiger partial charge in [-0.1, -0.05) is 6.07 Å². The van der Waals surface area contributed by atoms with E-state index in [-0.39, 0.29) is 6.03 Å². The molecule has 0 unspecified atom stereocenters. The number of carbonyl (C=O) groups is 1. The lowest BCUT2D eigenvalue weighted by atomic mass is 10.2. The number of anilines is 1. The maximum Gasteiger partial charge on any atom is 0.321 e. The quantitative estimate of drug-likeness (QED) is 0.824. The molecule has 1 aromatic rings. The van der Waals surface area contributed by atoms with E-state index >= 15 is 0 Å². The van der Waals surface area contributed by atoms with Gasteiger partial charge in [-0.15, -0.1) is 0 Å². The molecule has 14 heavy (non-hydrogen) atoms. The number of nitrogens with one attached hydrogen (secondary N) is 1. The molecular weight excluding hydrogens is 244 g/mol. The van der Waals surface area contributed by atoms with Crippen LogP contribution < -0.4 is 5.32 Å². The molecule has 3 nitrogen and oxygen atoms in total. The molecule has 0 aliphatic heterocycles. The van der Waals surface area contributed by atoms with Crippen LogP contribution in [0.4, 0.5) is 10.5 Å². The zero-order chi connectivity index (χ0) is 10.7. The van der Waals surface area contributed by atoms with Gasteiger partial charge in [0.2, 0.25) is 0 Å². The summed E-state index contributed by atoms with van der Waals surface area (Å²) in [6, 6.07) is 5.66. The fourth-order valence-corrected chi connectivity index (χ4v) is 1.54. The molecule has 1 rings (SSSR count). The third kappa shape index (κ3) is 2.73. The number of aryl methyl sites for hydroxylation is 1. The minimum Gasteiger partial charge on any atom is -0.331 e. The zero-order valence-corrected chi connectivity index (χ0v) is 10.1. The van der Waals surface area contributed by atoms with Crippen molar-refractivity contribution >= 4 is 27.6 Å². The third-order valence-corrected chi connectivity index (χ3v) is 2.43. The van der Waals surface area contributed by atoms with Crippen LogP contribution in [-0.2, 0) is 0 Å². The fraction of sp³-hybridized carbons (Fsp3) is 0.300. The van der Waals surface area contributed by atoms with E-state index in [1.165, 1.54) is 4.90 Å². The topological polar surface area (TPSA) is 32.3 Å². The molecule has 0 spiro atoms. The number of amides is 2. The summed E-state index contributed by atoms with van der Waals surface area (Å²) < 4.78 is 0.896. The summed E-state index contributed by atoms with van der Waals surface area (Å²) in [4.78, 5) is 12.8. The van der Waals surface area contributed by atoms with Crippen molar-refractivity contribution in [1.29, 1.82) is 0 Å². The van der Waals surface area contributed by atoms with Crippen molar-refractivity contribution in [2.75, 3.05) is 19.4 Å². The summed E-state index contributed by atoms with van der Waals surface area (Å²) in [7, 11) is 3.41. The van der Waals surface area contributed by atoms with Gasteiger partial charge in [0.25, 0.3) is 0 Å². The Morgan fingerprint density at radius 2 is 2.07 bits per heavy atom. The van der Waals surface area contributed by atoms with Crippen molar-refractivity contribution in [2.45, 2.75) is 6.92 Å². The number of benzene rings is 1. The van der Waals surface area contributed by atoms with Gasteiger partial charge in [-0.25, -0.2) is 4.79 Å². The largest absolute Gasteiger partial charge is 0.331 e. The minimum absolute atomic E-state index is 0.130. The first-order chi connectivity index (χ1) is 6.50. The van der Waals surface area contributed by atoms with Gasteiger partial charge in [-0.2, -0.15) is 0 Å². The van der Waals surface area contributed by atoms with Crippen LogP contribution in [0.3, 0.4) is 0 Å². The van der Waals surface area contributed by atoms with Gasteiger partial charge in [0.1, 0.15) is 0 Å². The molecule has 76 valence electrons. The predicted octanol–water partition coefficient (Wildman–Crippen LogP) is 2.85. The number of carbonyl (C=O) groups excluding carboxylic acids is 1. The number of halogens is 1. The molecule has 1 aromatic carbocycles. The maximum absolute atomic E-state index is 11.3. The van der Waals surface area contributed by atoms with Crippen molar-refractivity contribution in [3.63, 3.8) is 0 Å². The number of nitrogens with zero attached hydrogens (tertiary/aromatic N) is 1. The van der Waals surface area contributed by atoms with Gasteiger partial charge in [0, 0.05) is 18.6 Å². The van der Waals surface area contributed by atoms with Crippen molar-refractivity contribution in [3.8, 4) is 0 Å². The second kappa shape index (κ2) is 4.46. The number of hydrogen-bond donors (Lipinski definition) is 1. The Balaban J connectivity index is 2.82. The summed E-state index contributed by atoms with van der Waals surface area (Å²) in [6.45, 7) is 2.00. The van der Waals surface area contributed by atoms with Gasteiger partial charge < -0.3 is 10.2 Å². The van der Waals surface area contributed by atoms with E-state index < -0.39 is 0 Å². The lowest BCUT2D eigenvalue weighted by Gasteiger charge is -2.13. The van der Waals surface area contributed by atoms with E-state index in [0.29, 0.717) is 0 Å². The SMILES string of the molecule is Cc1ccc(NC(=O)N(C)C)c(Br)c1. The Bertz CT molecular complexity index is 350. The van der Waals surface area contributed by atoms with Crippen molar-refractivity contribution in [3.05, 3.63) is 28.2 Å². The van der Waals surface area contributed by atoms with Crippen LogP contribution in [-0.4, -0.2) is 25.0 Å². The highest BCUT2D eigenvalue weighted by Gasteiger charge is 2.06. The van der Waals surface area contributed by atoms with E-state index in [4.69, 9.17) is 0 Å². The van der Waals surface area contributed by atoms with Crippen molar-refractivity contribution in [1.82, 2.24) is 4.90 Å². The first-order valence-corrected chi connectivity index (χ1v) is 5.04. The second-order valence-corrected chi connectivity index (χ2v) is 4.16. The molecule has 0 bridgehead atoms. The minimum atomic E-state index is -0.130. The van der Waals surface area contributed by atoms with Crippen LogP contribution in [0.2, 0.25) is 0 Å². The molecule has 0 aliphatic rings. The van der Waals surface area contributed by atoms with Gasteiger partial charge in [-0.05, 0) is 40.5 Å². The molecule has 0 heterocycles. The molecule has 0 saturated heterocycles. The Labute approximate surface area is 92.2 Å². The zero-order valence-electron chi connectivity index (χ0n) is 8.47. The molecular formula is C10H13BrN2O. The van der Waals surface area contributed by atoms with Crippen molar-refractivity contribution < 1.29 is 4.79 Å². The van der Waals surface area contributed by atoms with Gasteiger partial charge in [0.15, 0.2) is 0 Å². The molecule has 0 radical (unpaired) electrons. The molecule has 2 amide bonds. The summed E-state index contributed by atoms with van der Waals surface area (Å²) in [5.74, 6) is 0. The first kappa shape index (κ1) is 11.0. The Morgan fingerprint density at radius 3 is 2.57 bits per heavy atom. The normalized spacial score (nSPS) is 9.71. The molecule has 0 aliphatic carbocycles. The lowest BCUT2D eigenvalue weighted by Crippen LogP contribution is -2.27. The summed E-state index contributed by atoms with van der Waals surface area (Å²) in [5, 5.41) is 2.78. The lowest BCUT2D eigenvalue weighted by molar-refractivity contribution is 0.230. The molecule has 0 aromatic heterocycles. The molecule has 4 heteroatoms. The van der Waals surface area contributed by atoms with Gasteiger partial charge in [0.05, 0.1) is 5.69 Å². The molecule has 1 N–H and O–H groups in total. The summed E-state index contributed by atoms with van der Waals surface area (Å²) in [6.07, 6.45) is 0. The van der Waals surface area contributed by atoms with Crippen LogP contribution in [0, 0.1) is 6.92 Å². The van der Waals surface area contributed by atoms with Crippen LogP contribution in [0.15, 0.2) is 22.7 Å². The van der Waals surface area contributed by atoms with Crippen LogP contribution in [0.1, 0.15) is 5.56 Å². The maximum atomic E-state index is 11.3. The van der Waals surface area contributed by atoms with E-state index in [9.17, 15) is 4.79 Å². The predicted molar refractivity (Wildman–Crippen MR) is 61.6 cm³/mol. The van der Waals surface area contributed by atoms with Crippen molar-refractivity contribution in [2.24, 2.45) is 0 Å². The van der Waals surface area contributed by atoms with E-state index in [1.54, 1.807) is 14.1 Å². The molecule has 0 atom stereocenters. The average molecular weight is 257 g/mol. The summed E-state index contributed by atoms with van der Waals surface area (Å²) in [5.41, 5.74) is 1.94. The first-order valence-electron chi connectivity index (χ1n) is 4.25. The van der Waals surface area contributed by atoms with E-state index in [2.05, 4.69) is 21.2 Å². The fourth-order valence-electron chi connectivity index (χ4n) is 0.949. The average Bonchev–Trinajstić information content (AvgIpc) is 2.09. The Hall–Kier alpha value is -1.03. The van der Waals surface area contributed by atoms with Crippen LogP contribution >= 0.6 is 15.9 Å². The number of hydrogen-bond acceptors (Lipinski definition) is 1. The van der Waals surface area contributed by atoms with Gasteiger partial charge in [-0.3, -0.25) is 0 Å². The highest BCUT2D eigenvalue weighted by molar-refractivity contribution is 9.10. The number of rotatable bonds is 1. The molecule has 0 fully saturated rings. The molecule has 0 saturated carbocycles. The third-order valence-electron chi connectivity index (χ3n) is 1.77. The smallest absolute Gasteiger partial charge is 0.321 e. The Kier molecular flexibility index (Phi) is 3.52. The summed E-state index contributed by atoms with van der Waals surface area (Å²) >= 11 is 3.39. The van der Waals surface area contributed by atoms with Gasteiger partial charge >= 0.3 is 6.03 Å². The second-order valence-electron chi connectivity index (χ2n) is 3.31. The standard InChI is InChI=1S/C10H13BrN2O/c1-7-4-5-9(8(11)6-7)12-10(14)13(2)3/h4-6H,1-3H3,(H,12,14). The monoisotopic (exact) mass is 256 g/mol. The Morgan fingerprint density at radius 1 is 1.43 bits per heavy atom. The number of urea groups is 1. The van der Waals surface area contributed by atoms with Crippen LogP contribution in [0.25, 0.3) is 0 Å². The highest BCUT2D eigenvalue weighted by Crippen LogP contribution is 2.23. The van der Waals surface area contributed by atoms with E-state index in [1.807, 2.05) is 25.1 Å². The van der Waals surface area contributed by atoms with Crippen LogP contribution in [0.5, 0.6) is 0 Å².